The van der Waals surface area contributed by atoms with Crippen LogP contribution in [0.3, 0.4) is 0 Å². The van der Waals surface area contributed by atoms with Crippen molar-refractivity contribution in [1.29, 1.82) is 0 Å². The van der Waals surface area contributed by atoms with Crippen molar-refractivity contribution in [3.8, 4) is 0 Å². The van der Waals surface area contributed by atoms with E-state index in [1.807, 2.05) is 13.4 Å². The van der Waals surface area contributed by atoms with Crippen molar-refractivity contribution in [1.82, 2.24) is 4.90 Å². The highest BCUT2D eigenvalue weighted by Gasteiger charge is 2.31. The molecule has 1 heterocycles. The summed E-state index contributed by atoms with van der Waals surface area (Å²) in [6, 6.07) is 4.51. The summed E-state index contributed by atoms with van der Waals surface area (Å²) in [5.41, 5.74) is 5.14. The van der Waals surface area contributed by atoms with Gasteiger partial charge in [-0.15, -0.1) is 0 Å². The van der Waals surface area contributed by atoms with Crippen LogP contribution in [-0.4, -0.2) is 31.4 Å². The molecule has 0 bridgehead atoms. The molecule has 0 fully saturated rings. The van der Waals surface area contributed by atoms with Gasteiger partial charge in [0.2, 0.25) is 0 Å². The van der Waals surface area contributed by atoms with Crippen LogP contribution in [0.4, 0.5) is 5.69 Å². The highest BCUT2D eigenvalue weighted by Crippen LogP contribution is 2.42. The van der Waals surface area contributed by atoms with Crippen molar-refractivity contribution < 1.29 is 4.74 Å². The number of ether oxygens (including phenoxy) is 1. The summed E-state index contributed by atoms with van der Waals surface area (Å²) in [7, 11) is 2.04. The number of hydrogen-bond acceptors (Lipinski definition) is 2. The van der Waals surface area contributed by atoms with Crippen molar-refractivity contribution in [3.05, 3.63) is 28.8 Å². The van der Waals surface area contributed by atoms with Gasteiger partial charge in [-0.1, -0.05) is 26.8 Å². The molecule has 1 aromatic rings. The van der Waals surface area contributed by atoms with E-state index in [2.05, 4.69) is 56.6 Å². The lowest BCUT2D eigenvalue weighted by atomic mass is 9.80. The quantitative estimate of drug-likeness (QED) is 0.613. The molecule has 116 valence electrons. The third-order valence-electron chi connectivity index (χ3n) is 4.08. The number of benzene rings is 1. The molecule has 0 saturated heterocycles. The number of aryl methyl sites for hydroxylation is 1. The number of nitrogens with zero attached hydrogens (tertiary/aromatic N) is 2. The van der Waals surface area contributed by atoms with Gasteiger partial charge >= 0.3 is 0 Å². The van der Waals surface area contributed by atoms with Gasteiger partial charge in [0.1, 0.15) is 0 Å². The highest BCUT2D eigenvalue weighted by molar-refractivity contribution is 5.64. The Morgan fingerprint density at radius 3 is 2.71 bits per heavy atom. The average Bonchev–Trinajstić information content (AvgIpc) is 2.42. The SMILES string of the molecule is CCN(C)/C=N/c1cc2c(cc1C)C(C(C)(C)C)OCC2. The number of aliphatic imine (C=N–C) groups is 1. The van der Waals surface area contributed by atoms with Gasteiger partial charge in [0.15, 0.2) is 0 Å². The Morgan fingerprint density at radius 1 is 1.38 bits per heavy atom. The third kappa shape index (κ3) is 3.65. The zero-order chi connectivity index (χ0) is 15.6. The molecule has 1 atom stereocenters. The third-order valence-corrected chi connectivity index (χ3v) is 4.08. The minimum Gasteiger partial charge on any atom is -0.373 e. The van der Waals surface area contributed by atoms with Crippen LogP contribution in [0, 0.1) is 12.3 Å². The van der Waals surface area contributed by atoms with Gasteiger partial charge in [-0.3, -0.25) is 0 Å². The predicted octanol–water partition coefficient (Wildman–Crippen LogP) is 4.27. The lowest BCUT2D eigenvalue weighted by Crippen LogP contribution is -2.27. The molecule has 1 unspecified atom stereocenters. The topological polar surface area (TPSA) is 24.8 Å². The second-order valence-corrected chi connectivity index (χ2v) is 7.02. The van der Waals surface area contributed by atoms with E-state index in [9.17, 15) is 0 Å². The summed E-state index contributed by atoms with van der Waals surface area (Å²) >= 11 is 0. The summed E-state index contributed by atoms with van der Waals surface area (Å²) in [4.78, 5) is 6.72. The zero-order valence-corrected chi connectivity index (χ0v) is 14.2. The van der Waals surface area contributed by atoms with Gasteiger partial charge in [-0.2, -0.15) is 0 Å². The molecule has 0 radical (unpaired) electrons. The number of fused-ring (bicyclic) bond motifs is 1. The van der Waals surface area contributed by atoms with E-state index in [4.69, 9.17) is 4.74 Å². The van der Waals surface area contributed by atoms with Gasteiger partial charge < -0.3 is 9.64 Å². The van der Waals surface area contributed by atoms with Crippen molar-refractivity contribution in [3.63, 3.8) is 0 Å². The Morgan fingerprint density at radius 2 is 2.10 bits per heavy atom. The van der Waals surface area contributed by atoms with Gasteiger partial charge in [-0.05, 0) is 48.4 Å². The smallest absolute Gasteiger partial charge is 0.0909 e. The van der Waals surface area contributed by atoms with Crippen LogP contribution in [0.25, 0.3) is 0 Å². The fourth-order valence-electron chi connectivity index (χ4n) is 2.70. The largest absolute Gasteiger partial charge is 0.373 e. The van der Waals surface area contributed by atoms with Gasteiger partial charge in [0, 0.05) is 13.6 Å². The maximum Gasteiger partial charge on any atom is 0.0909 e. The molecule has 1 aliphatic heterocycles. The van der Waals surface area contributed by atoms with Crippen LogP contribution in [0.15, 0.2) is 17.1 Å². The summed E-state index contributed by atoms with van der Waals surface area (Å²) < 4.78 is 6.03. The minimum atomic E-state index is 0.120. The first-order chi connectivity index (χ1) is 9.82. The Hall–Kier alpha value is -1.35. The van der Waals surface area contributed by atoms with Crippen LogP contribution in [0.5, 0.6) is 0 Å². The molecule has 0 aliphatic carbocycles. The fourth-order valence-corrected chi connectivity index (χ4v) is 2.70. The lowest BCUT2D eigenvalue weighted by Gasteiger charge is -2.36. The molecular weight excluding hydrogens is 260 g/mol. The van der Waals surface area contributed by atoms with E-state index in [0.717, 1.165) is 25.3 Å². The summed E-state index contributed by atoms with van der Waals surface area (Å²) in [5.74, 6) is 0. The fraction of sp³-hybridized carbons (Fsp3) is 0.611. The number of rotatable bonds is 3. The predicted molar refractivity (Wildman–Crippen MR) is 89.5 cm³/mol. The Labute approximate surface area is 129 Å². The molecule has 2 rings (SSSR count). The lowest BCUT2D eigenvalue weighted by molar-refractivity contribution is -0.0285. The van der Waals surface area contributed by atoms with Gasteiger partial charge in [0.05, 0.1) is 24.7 Å². The Kier molecular flexibility index (Phi) is 4.72. The Bertz CT molecular complexity index is 529. The summed E-state index contributed by atoms with van der Waals surface area (Å²) in [5, 5.41) is 0. The molecule has 3 nitrogen and oxygen atoms in total. The van der Waals surface area contributed by atoms with E-state index < -0.39 is 0 Å². The van der Waals surface area contributed by atoms with Crippen LogP contribution >= 0.6 is 0 Å². The average molecular weight is 288 g/mol. The monoisotopic (exact) mass is 288 g/mol. The van der Waals surface area contributed by atoms with Gasteiger partial charge in [0.25, 0.3) is 0 Å². The first kappa shape index (κ1) is 16.0. The molecule has 3 heteroatoms. The normalized spacial score (nSPS) is 18.9. The first-order valence-corrected chi connectivity index (χ1v) is 7.82. The van der Waals surface area contributed by atoms with Crippen LogP contribution in [-0.2, 0) is 11.2 Å². The summed E-state index contributed by atoms with van der Waals surface area (Å²) in [6.45, 7) is 12.7. The van der Waals surface area contributed by atoms with E-state index in [0.29, 0.717) is 0 Å². The van der Waals surface area contributed by atoms with Crippen molar-refractivity contribution in [2.75, 3.05) is 20.2 Å². The second kappa shape index (κ2) is 6.18. The van der Waals surface area contributed by atoms with Crippen LogP contribution < -0.4 is 0 Å². The van der Waals surface area contributed by atoms with E-state index in [1.165, 1.54) is 16.7 Å². The van der Waals surface area contributed by atoms with E-state index in [-0.39, 0.29) is 11.5 Å². The maximum absolute atomic E-state index is 6.03. The maximum atomic E-state index is 6.03. The highest BCUT2D eigenvalue weighted by atomic mass is 16.5. The molecule has 0 amide bonds. The molecule has 0 spiro atoms. The molecular formula is C18H28N2O. The molecule has 1 aliphatic rings. The molecule has 0 N–H and O–H groups in total. The molecule has 0 saturated carbocycles. The van der Waals surface area contributed by atoms with Crippen molar-refractivity contribution in [2.45, 2.75) is 47.1 Å². The summed E-state index contributed by atoms with van der Waals surface area (Å²) in [6.07, 6.45) is 3.07. The van der Waals surface area contributed by atoms with Crippen LogP contribution in [0.2, 0.25) is 0 Å². The van der Waals surface area contributed by atoms with E-state index in [1.54, 1.807) is 0 Å². The standard InChI is InChI=1S/C18H28N2O/c1-7-20(6)12-19-16-11-14-8-9-21-17(18(3,4)5)15(14)10-13(16)2/h10-12,17H,7-9H2,1-6H3/b19-12+. The Balaban J connectivity index is 2.37. The molecule has 1 aromatic carbocycles. The van der Waals surface area contributed by atoms with Crippen molar-refractivity contribution in [2.24, 2.45) is 10.4 Å². The minimum absolute atomic E-state index is 0.120. The van der Waals surface area contributed by atoms with E-state index >= 15 is 0 Å². The van der Waals surface area contributed by atoms with Gasteiger partial charge in [-0.25, -0.2) is 4.99 Å². The van der Waals surface area contributed by atoms with Crippen molar-refractivity contribution >= 4 is 12.0 Å². The zero-order valence-electron chi connectivity index (χ0n) is 14.2. The first-order valence-electron chi connectivity index (χ1n) is 7.82. The second-order valence-electron chi connectivity index (χ2n) is 7.02. The van der Waals surface area contributed by atoms with Crippen LogP contribution in [0.1, 0.15) is 50.5 Å². The molecule has 21 heavy (non-hydrogen) atoms. The molecule has 0 aromatic heterocycles. The number of hydrogen-bond donors (Lipinski definition) is 0.